The SMILES string of the molecule is CC(C)C(C)NCCCCCCCCCCCCN. The predicted octanol–water partition coefficient (Wildman–Crippen LogP) is 4.48. The summed E-state index contributed by atoms with van der Waals surface area (Å²) in [6.45, 7) is 8.91. The van der Waals surface area contributed by atoms with Gasteiger partial charge in [-0.25, -0.2) is 0 Å². The fourth-order valence-electron chi connectivity index (χ4n) is 2.25. The minimum absolute atomic E-state index is 0.661. The maximum absolute atomic E-state index is 5.48. The lowest BCUT2D eigenvalue weighted by molar-refractivity contribution is 0.418. The highest BCUT2D eigenvalue weighted by Gasteiger charge is 2.04. The average molecular weight is 271 g/mol. The minimum atomic E-state index is 0.661. The number of rotatable bonds is 14. The molecule has 0 aromatic heterocycles. The highest BCUT2D eigenvalue weighted by Crippen LogP contribution is 2.10. The molecule has 0 rings (SSSR count). The molecule has 0 spiro atoms. The number of nitrogens with one attached hydrogen (secondary N) is 1. The van der Waals surface area contributed by atoms with Crippen molar-refractivity contribution in [3.63, 3.8) is 0 Å². The van der Waals surface area contributed by atoms with Gasteiger partial charge in [0, 0.05) is 6.04 Å². The molecule has 0 heterocycles. The zero-order chi connectivity index (χ0) is 14.3. The molecule has 3 N–H and O–H groups in total. The molecule has 0 bridgehead atoms. The Hall–Kier alpha value is -0.0800. The maximum Gasteiger partial charge on any atom is 0.00617 e. The monoisotopic (exact) mass is 270 g/mol. The van der Waals surface area contributed by atoms with E-state index in [0.717, 1.165) is 12.5 Å². The van der Waals surface area contributed by atoms with Gasteiger partial charge in [0.05, 0.1) is 0 Å². The summed E-state index contributed by atoms with van der Waals surface area (Å²) in [5.74, 6) is 0.749. The van der Waals surface area contributed by atoms with E-state index in [9.17, 15) is 0 Å². The lowest BCUT2D eigenvalue weighted by Crippen LogP contribution is -2.31. The van der Waals surface area contributed by atoms with Crippen molar-refractivity contribution in [3.8, 4) is 0 Å². The van der Waals surface area contributed by atoms with Crippen LogP contribution in [0.3, 0.4) is 0 Å². The predicted molar refractivity (Wildman–Crippen MR) is 87.5 cm³/mol. The minimum Gasteiger partial charge on any atom is -0.330 e. The molecule has 0 saturated heterocycles. The first-order valence-electron chi connectivity index (χ1n) is 8.62. The van der Waals surface area contributed by atoms with Crippen molar-refractivity contribution in [1.29, 1.82) is 0 Å². The zero-order valence-electron chi connectivity index (χ0n) is 13.7. The van der Waals surface area contributed by atoms with E-state index in [4.69, 9.17) is 5.73 Å². The molecule has 0 aliphatic heterocycles. The molecule has 0 saturated carbocycles. The summed E-state index contributed by atoms with van der Waals surface area (Å²) in [4.78, 5) is 0. The Morgan fingerprint density at radius 2 is 1.11 bits per heavy atom. The van der Waals surface area contributed by atoms with Crippen molar-refractivity contribution in [2.24, 2.45) is 11.7 Å². The maximum atomic E-state index is 5.48. The van der Waals surface area contributed by atoms with Gasteiger partial charge in [-0.1, -0.05) is 65.2 Å². The molecule has 1 unspecified atom stereocenters. The molecule has 0 radical (unpaired) electrons. The van der Waals surface area contributed by atoms with E-state index in [1.165, 1.54) is 70.8 Å². The van der Waals surface area contributed by atoms with Crippen molar-refractivity contribution < 1.29 is 0 Å². The Kier molecular flexibility index (Phi) is 14.3. The smallest absolute Gasteiger partial charge is 0.00617 e. The van der Waals surface area contributed by atoms with Crippen LogP contribution in [0.4, 0.5) is 0 Å². The highest BCUT2D eigenvalue weighted by atomic mass is 14.9. The van der Waals surface area contributed by atoms with Gasteiger partial charge in [0.15, 0.2) is 0 Å². The Morgan fingerprint density at radius 3 is 1.53 bits per heavy atom. The first-order chi connectivity index (χ1) is 9.18. The van der Waals surface area contributed by atoms with Crippen LogP contribution in [0.25, 0.3) is 0 Å². The molecule has 0 fully saturated rings. The van der Waals surface area contributed by atoms with Gasteiger partial charge in [-0.3, -0.25) is 0 Å². The zero-order valence-corrected chi connectivity index (χ0v) is 13.7. The second kappa shape index (κ2) is 14.3. The van der Waals surface area contributed by atoms with Gasteiger partial charge in [0.25, 0.3) is 0 Å². The number of nitrogens with two attached hydrogens (primary N) is 1. The third kappa shape index (κ3) is 14.1. The van der Waals surface area contributed by atoms with Crippen molar-refractivity contribution in [1.82, 2.24) is 5.32 Å². The third-order valence-corrected chi connectivity index (χ3v) is 4.10. The van der Waals surface area contributed by atoms with Crippen LogP contribution in [0, 0.1) is 5.92 Å². The average Bonchev–Trinajstić information content (AvgIpc) is 2.39. The molecular formula is C17H38N2. The lowest BCUT2D eigenvalue weighted by atomic mass is 10.1. The van der Waals surface area contributed by atoms with E-state index in [1.54, 1.807) is 0 Å². The Morgan fingerprint density at radius 1 is 0.684 bits per heavy atom. The van der Waals surface area contributed by atoms with E-state index < -0.39 is 0 Å². The van der Waals surface area contributed by atoms with Crippen LogP contribution in [0.15, 0.2) is 0 Å². The summed E-state index contributed by atoms with van der Waals surface area (Å²) in [5.41, 5.74) is 5.48. The lowest BCUT2D eigenvalue weighted by Gasteiger charge is -2.17. The van der Waals surface area contributed by atoms with Crippen LogP contribution in [0.1, 0.15) is 85.0 Å². The molecule has 1 atom stereocenters. The number of hydrogen-bond acceptors (Lipinski definition) is 2. The molecule has 0 amide bonds. The van der Waals surface area contributed by atoms with E-state index in [2.05, 4.69) is 26.1 Å². The Balaban J connectivity index is 3.03. The quantitative estimate of drug-likeness (QED) is 0.457. The van der Waals surface area contributed by atoms with Crippen LogP contribution >= 0.6 is 0 Å². The van der Waals surface area contributed by atoms with E-state index in [1.807, 2.05) is 0 Å². The van der Waals surface area contributed by atoms with Crippen molar-refractivity contribution >= 4 is 0 Å². The van der Waals surface area contributed by atoms with Crippen LogP contribution in [0.2, 0.25) is 0 Å². The normalized spacial score (nSPS) is 13.1. The Labute approximate surface area is 121 Å². The fourth-order valence-corrected chi connectivity index (χ4v) is 2.25. The summed E-state index contributed by atoms with van der Waals surface area (Å²) >= 11 is 0. The molecule has 19 heavy (non-hydrogen) atoms. The van der Waals surface area contributed by atoms with Crippen LogP contribution in [0.5, 0.6) is 0 Å². The van der Waals surface area contributed by atoms with E-state index in [-0.39, 0.29) is 0 Å². The summed E-state index contributed by atoms with van der Waals surface area (Å²) in [6.07, 6.45) is 13.8. The van der Waals surface area contributed by atoms with Gasteiger partial charge < -0.3 is 11.1 Å². The highest BCUT2D eigenvalue weighted by molar-refractivity contribution is 4.63. The molecule has 0 aromatic carbocycles. The largest absolute Gasteiger partial charge is 0.330 e. The fraction of sp³-hybridized carbons (Fsp3) is 1.00. The topological polar surface area (TPSA) is 38.0 Å². The van der Waals surface area contributed by atoms with Crippen molar-refractivity contribution in [2.75, 3.05) is 13.1 Å². The molecule has 0 aromatic rings. The molecule has 0 aliphatic rings. The molecule has 116 valence electrons. The third-order valence-electron chi connectivity index (χ3n) is 4.10. The molecule has 0 aliphatic carbocycles. The first kappa shape index (κ1) is 18.9. The van der Waals surface area contributed by atoms with E-state index in [0.29, 0.717) is 6.04 Å². The van der Waals surface area contributed by atoms with Gasteiger partial charge >= 0.3 is 0 Å². The van der Waals surface area contributed by atoms with Gasteiger partial charge in [0.2, 0.25) is 0 Å². The van der Waals surface area contributed by atoms with Crippen molar-refractivity contribution in [3.05, 3.63) is 0 Å². The van der Waals surface area contributed by atoms with Gasteiger partial charge in [0.1, 0.15) is 0 Å². The van der Waals surface area contributed by atoms with Crippen molar-refractivity contribution in [2.45, 2.75) is 91.0 Å². The summed E-state index contributed by atoms with van der Waals surface area (Å²) in [6, 6.07) is 0.661. The Bertz CT molecular complexity index is 169. The first-order valence-corrected chi connectivity index (χ1v) is 8.62. The van der Waals surface area contributed by atoms with Crippen LogP contribution < -0.4 is 11.1 Å². The summed E-state index contributed by atoms with van der Waals surface area (Å²) < 4.78 is 0. The second-order valence-corrected chi connectivity index (χ2v) is 6.31. The standard InChI is InChI=1S/C17H38N2/c1-16(2)17(3)19-15-13-11-9-7-5-4-6-8-10-12-14-18/h16-17,19H,4-15,18H2,1-3H3. The molecule has 2 heteroatoms. The van der Waals surface area contributed by atoms with Crippen LogP contribution in [-0.4, -0.2) is 19.1 Å². The van der Waals surface area contributed by atoms with Gasteiger partial charge in [-0.05, 0) is 38.8 Å². The van der Waals surface area contributed by atoms with Gasteiger partial charge in [-0.2, -0.15) is 0 Å². The summed E-state index contributed by atoms with van der Waals surface area (Å²) in [5, 5.41) is 3.60. The molecular weight excluding hydrogens is 232 g/mol. The van der Waals surface area contributed by atoms with Gasteiger partial charge in [-0.15, -0.1) is 0 Å². The number of unbranched alkanes of at least 4 members (excludes halogenated alkanes) is 9. The van der Waals surface area contributed by atoms with E-state index >= 15 is 0 Å². The molecule has 2 nitrogen and oxygen atoms in total. The van der Waals surface area contributed by atoms with Crippen LogP contribution in [-0.2, 0) is 0 Å². The number of hydrogen-bond donors (Lipinski definition) is 2. The second-order valence-electron chi connectivity index (χ2n) is 6.31. The summed E-state index contributed by atoms with van der Waals surface area (Å²) in [7, 11) is 0.